The lowest BCUT2D eigenvalue weighted by Gasteiger charge is -2.37. The zero-order valence-electron chi connectivity index (χ0n) is 18.0. The molecule has 0 unspecified atom stereocenters. The molecule has 0 radical (unpaired) electrons. The number of ether oxygens (including phenoxy) is 3. The van der Waals surface area contributed by atoms with Gasteiger partial charge in [0.1, 0.15) is 0 Å². The molecule has 31 heavy (non-hydrogen) atoms. The fourth-order valence-corrected chi connectivity index (χ4v) is 5.02. The molecule has 2 heterocycles. The molecular formula is C20H32N4O6S. The number of urea groups is 1. The molecule has 2 saturated heterocycles. The Bertz CT molecular complexity index is 808. The number of benzene rings is 1. The number of hydrogen-bond donors (Lipinski definition) is 1. The van der Waals surface area contributed by atoms with Crippen LogP contribution >= 0.6 is 0 Å². The van der Waals surface area contributed by atoms with E-state index in [1.54, 1.807) is 4.90 Å². The quantitative estimate of drug-likeness (QED) is 0.556. The number of piperazine rings is 1. The van der Waals surface area contributed by atoms with Gasteiger partial charge in [0.15, 0.2) is 0 Å². The maximum absolute atomic E-state index is 12.7. The van der Waals surface area contributed by atoms with Gasteiger partial charge in [-0.1, -0.05) is 12.1 Å². The molecule has 0 spiro atoms. The van der Waals surface area contributed by atoms with Crippen molar-refractivity contribution in [3.63, 3.8) is 0 Å². The van der Waals surface area contributed by atoms with Crippen molar-refractivity contribution in [3.05, 3.63) is 29.8 Å². The van der Waals surface area contributed by atoms with Gasteiger partial charge in [-0.05, 0) is 24.6 Å². The average molecular weight is 457 g/mol. The van der Waals surface area contributed by atoms with Crippen molar-refractivity contribution in [2.24, 2.45) is 0 Å². The summed E-state index contributed by atoms with van der Waals surface area (Å²) < 4.78 is 44.4. The number of amides is 2. The van der Waals surface area contributed by atoms with Gasteiger partial charge in [-0.2, -0.15) is 17.0 Å². The van der Waals surface area contributed by atoms with Crippen LogP contribution < -0.4 is 5.32 Å². The molecule has 0 atom stereocenters. The lowest BCUT2D eigenvalue weighted by Crippen LogP contribution is -2.56. The summed E-state index contributed by atoms with van der Waals surface area (Å²) in [6.07, 6.45) is 0. The van der Waals surface area contributed by atoms with E-state index in [2.05, 4.69) is 5.32 Å². The number of morpholine rings is 1. The van der Waals surface area contributed by atoms with E-state index >= 15 is 0 Å². The fraction of sp³-hybridized carbons (Fsp3) is 0.650. The van der Waals surface area contributed by atoms with E-state index < -0.39 is 10.2 Å². The standard InChI is InChI=1S/C20H32N4O6S/c1-2-28-14-15-30-17-18-4-3-5-19(16-18)21-20(25)22-6-8-23(9-7-22)31(26,27)24-10-12-29-13-11-24/h3-5,16H,2,6-15,17H2,1H3,(H,21,25). The molecule has 2 aliphatic rings. The summed E-state index contributed by atoms with van der Waals surface area (Å²) in [6, 6.07) is 7.26. The molecule has 2 aliphatic heterocycles. The van der Waals surface area contributed by atoms with Crippen molar-refractivity contribution in [1.82, 2.24) is 13.5 Å². The second-order valence-electron chi connectivity index (χ2n) is 7.29. The molecule has 0 saturated carbocycles. The summed E-state index contributed by atoms with van der Waals surface area (Å²) in [4.78, 5) is 14.3. The Morgan fingerprint density at radius 2 is 1.71 bits per heavy atom. The topological polar surface area (TPSA) is 101 Å². The third-order valence-electron chi connectivity index (χ3n) is 5.17. The first-order valence-electron chi connectivity index (χ1n) is 10.6. The first kappa shape index (κ1) is 23.9. The minimum atomic E-state index is -3.51. The van der Waals surface area contributed by atoms with Gasteiger partial charge in [0.05, 0.1) is 33.0 Å². The molecule has 2 amide bonds. The molecule has 1 aromatic rings. The second-order valence-corrected chi connectivity index (χ2v) is 9.21. The van der Waals surface area contributed by atoms with Gasteiger partial charge in [0, 0.05) is 51.6 Å². The molecule has 2 fully saturated rings. The van der Waals surface area contributed by atoms with Crippen LogP contribution in [0.4, 0.5) is 10.5 Å². The highest BCUT2D eigenvalue weighted by molar-refractivity contribution is 7.86. The molecule has 1 aromatic carbocycles. The number of rotatable bonds is 9. The van der Waals surface area contributed by atoms with Crippen LogP contribution in [0.15, 0.2) is 24.3 Å². The van der Waals surface area contributed by atoms with Crippen LogP contribution in [0.2, 0.25) is 0 Å². The van der Waals surface area contributed by atoms with E-state index in [9.17, 15) is 13.2 Å². The highest BCUT2D eigenvalue weighted by atomic mass is 32.2. The number of nitrogens with one attached hydrogen (secondary N) is 1. The first-order valence-corrected chi connectivity index (χ1v) is 12.0. The Kier molecular flexibility index (Phi) is 9.05. The summed E-state index contributed by atoms with van der Waals surface area (Å²) in [6.45, 7) is 6.93. The molecular weight excluding hydrogens is 424 g/mol. The van der Waals surface area contributed by atoms with Crippen LogP contribution in [0.3, 0.4) is 0 Å². The maximum Gasteiger partial charge on any atom is 0.321 e. The van der Waals surface area contributed by atoms with E-state index in [1.165, 1.54) is 8.61 Å². The Hall–Kier alpha value is -1.76. The van der Waals surface area contributed by atoms with Crippen LogP contribution in [0, 0.1) is 0 Å². The monoisotopic (exact) mass is 456 g/mol. The third-order valence-corrected chi connectivity index (χ3v) is 7.21. The summed E-state index contributed by atoms with van der Waals surface area (Å²) in [5.74, 6) is 0. The predicted molar refractivity (Wildman–Crippen MR) is 116 cm³/mol. The average Bonchev–Trinajstić information content (AvgIpc) is 2.80. The number of carbonyl (C=O) groups excluding carboxylic acids is 1. The summed E-state index contributed by atoms with van der Waals surface area (Å²) in [5.41, 5.74) is 1.63. The van der Waals surface area contributed by atoms with Crippen LogP contribution in [0.1, 0.15) is 12.5 Å². The smallest absolute Gasteiger partial charge is 0.321 e. The fourth-order valence-electron chi connectivity index (χ4n) is 3.46. The molecule has 3 rings (SSSR count). The van der Waals surface area contributed by atoms with E-state index in [-0.39, 0.29) is 19.1 Å². The highest BCUT2D eigenvalue weighted by Crippen LogP contribution is 2.16. The number of anilines is 1. The van der Waals surface area contributed by atoms with Crippen LogP contribution in [0.25, 0.3) is 0 Å². The van der Waals surface area contributed by atoms with E-state index in [4.69, 9.17) is 14.2 Å². The van der Waals surface area contributed by atoms with Crippen LogP contribution in [0.5, 0.6) is 0 Å². The summed E-state index contributed by atoms with van der Waals surface area (Å²) in [7, 11) is -3.51. The van der Waals surface area contributed by atoms with Crippen molar-refractivity contribution >= 4 is 21.9 Å². The van der Waals surface area contributed by atoms with E-state index in [1.807, 2.05) is 31.2 Å². The molecule has 0 aromatic heterocycles. The Morgan fingerprint density at radius 3 is 2.42 bits per heavy atom. The minimum absolute atomic E-state index is 0.238. The van der Waals surface area contributed by atoms with Crippen molar-refractivity contribution < 1.29 is 27.4 Å². The predicted octanol–water partition coefficient (Wildman–Crippen LogP) is 0.966. The molecule has 11 heteroatoms. The van der Waals surface area contributed by atoms with Crippen molar-refractivity contribution in [1.29, 1.82) is 0 Å². The number of hydrogen-bond acceptors (Lipinski definition) is 6. The van der Waals surface area contributed by atoms with Gasteiger partial charge in [-0.15, -0.1) is 0 Å². The van der Waals surface area contributed by atoms with Crippen molar-refractivity contribution in [2.45, 2.75) is 13.5 Å². The van der Waals surface area contributed by atoms with Gasteiger partial charge in [-0.3, -0.25) is 0 Å². The van der Waals surface area contributed by atoms with Crippen molar-refractivity contribution in [2.75, 3.05) is 77.6 Å². The van der Waals surface area contributed by atoms with Crippen molar-refractivity contribution in [3.8, 4) is 0 Å². The zero-order chi connectivity index (χ0) is 22.1. The van der Waals surface area contributed by atoms with Crippen LogP contribution in [-0.4, -0.2) is 100 Å². The highest BCUT2D eigenvalue weighted by Gasteiger charge is 2.34. The van der Waals surface area contributed by atoms with Gasteiger partial charge in [0.25, 0.3) is 10.2 Å². The molecule has 10 nitrogen and oxygen atoms in total. The summed E-state index contributed by atoms with van der Waals surface area (Å²) in [5, 5.41) is 2.89. The number of nitrogens with zero attached hydrogens (tertiary/aromatic N) is 3. The summed E-state index contributed by atoms with van der Waals surface area (Å²) >= 11 is 0. The minimum Gasteiger partial charge on any atom is -0.379 e. The van der Waals surface area contributed by atoms with Gasteiger partial charge in [0.2, 0.25) is 0 Å². The Balaban J connectivity index is 1.46. The lowest BCUT2D eigenvalue weighted by atomic mass is 10.2. The lowest BCUT2D eigenvalue weighted by molar-refractivity contribution is 0.0453. The zero-order valence-corrected chi connectivity index (χ0v) is 18.8. The normalized spacial score (nSPS) is 18.8. The van der Waals surface area contributed by atoms with Gasteiger partial charge < -0.3 is 24.4 Å². The van der Waals surface area contributed by atoms with Gasteiger partial charge in [-0.25, -0.2) is 4.79 Å². The third kappa shape index (κ3) is 6.86. The van der Waals surface area contributed by atoms with Crippen LogP contribution in [-0.2, 0) is 31.0 Å². The van der Waals surface area contributed by atoms with E-state index in [0.717, 1.165) is 5.56 Å². The maximum atomic E-state index is 12.7. The Labute approximate surface area is 184 Å². The molecule has 1 N–H and O–H groups in total. The SMILES string of the molecule is CCOCCOCc1cccc(NC(=O)N2CCN(S(=O)(=O)N3CCOCC3)CC2)c1. The largest absolute Gasteiger partial charge is 0.379 e. The molecule has 0 aliphatic carbocycles. The molecule has 174 valence electrons. The van der Waals surface area contributed by atoms with Gasteiger partial charge >= 0.3 is 6.03 Å². The Morgan fingerprint density at radius 1 is 1.03 bits per heavy atom. The van der Waals surface area contributed by atoms with E-state index in [0.29, 0.717) is 71.5 Å². The second kappa shape index (κ2) is 11.7. The molecule has 0 bridgehead atoms. The number of carbonyl (C=O) groups is 1. The first-order chi connectivity index (χ1) is 15.0.